The summed E-state index contributed by atoms with van der Waals surface area (Å²) < 4.78 is 0. The third-order valence-electron chi connectivity index (χ3n) is 5.70. The Labute approximate surface area is 177 Å². The summed E-state index contributed by atoms with van der Waals surface area (Å²) in [5.41, 5.74) is 1.48. The molecular formula is C27H39NO. The van der Waals surface area contributed by atoms with Crippen LogP contribution in [0.3, 0.4) is 0 Å². The number of nitrogens with one attached hydrogen (secondary N) is 1. The number of unbranched alkanes of at least 4 members (excludes halogenated alkanes) is 11. The number of rotatable bonds is 15. The maximum absolute atomic E-state index is 12.5. The van der Waals surface area contributed by atoms with Crippen molar-refractivity contribution in [1.82, 2.24) is 5.32 Å². The fourth-order valence-corrected chi connectivity index (χ4v) is 3.89. The summed E-state index contributed by atoms with van der Waals surface area (Å²) in [6.45, 7) is 7.05. The lowest BCUT2D eigenvalue weighted by Crippen LogP contribution is -2.25. The van der Waals surface area contributed by atoms with Gasteiger partial charge >= 0.3 is 0 Å². The predicted molar refractivity (Wildman–Crippen MR) is 127 cm³/mol. The molecule has 0 saturated heterocycles. The number of carbonyl (C=O) groups is 1. The van der Waals surface area contributed by atoms with Crippen molar-refractivity contribution in [1.29, 1.82) is 0 Å². The van der Waals surface area contributed by atoms with E-state index in [9.17, 15) is 4.79 Å². The zero-order valence-electron chi connectivity index (χ0n) is 18.3. The van der Waals surface area contributed by atoms with E-state index >= 15 is 0 Å². The van der Waals surface area contributed by atoms with E-state index in [-0.39, 0.29) is 5.91 Å². The first-order valence-electron chi connectivity index (χ1n) is 11.7. The van der Waals surface area contributed by atoms with E-state index in [1.807, 2.05) is 30.3 Å². The number of fused-ring (bicyclic) bond motifs is 1. The van der Waals surface area contributed by atoms with E-state index in [0.29, 0.717) is 5.57 Å². The molecule has 0 aliphatic carbocycles. The highest BCUT2D eigenvalue weighted by atomic mass is 16.1. The van der Waals surface area contributed by atoms with Gasteiger partial charge in [-0.25, -0.2) is 0 Å². The van der Waals surface area contributed by atoms with Crippen LogP contribution in [-0.2, 0) is 4.79 Å². The van der Waals surface area contributed by atoms with E-state index in [0.717, 1.165) is 29.3 Å². The van der Waals surface area contributed by atoms with E-state index in [2.05, 4.69) is 31.0 Å². The van der Waals surface area contributed by atoms with E-state index < -0.39 is 0 Å². The average molecular weight is 394 g/mol. The summed E-state index contributed by atoms with van der Waals surface area (Å²) in [6, 6.07) is 14.2. The lowest BCUT2D eigenvalue weighted by atomic mass is 9.99. The van der Waals surface area contributed by atoms with E-state index in [1.54, 1.807) is 0 Å². The fourth-order valence-electron chi connectivity index (χ4n) is 3.89. The molecule has 0 bridgehead atoms. The molecule has 2 aromatic rings. The summed E-state index contributed by atoms with van der Waals surface area (Å²) in [6.07, 6.45) is 15.9. The van der Waals surface area contributed by atoms with Crippen molar-refractivity contribution < 1.29 is 4.79 Å². The quantitative estimate of drug-likeness (QED) is 0.244. The van der Waals surface area contributed by atoms with Gasteiger partial charge < -0.3 is 5.32 Å². The number of hydrogen-bond acceptors (Lipinski definition) is 1. The minimum atomic E-state index is -0.0515. The smallest absolute Gasteiger partial charge is 0.251 e. The lowest BCUT2D eigenvalue weighted by Gasteiger charge is -2.10. The number of benzene rings is 2. The molecule has 2 rings (SSSR count). The Hall–Kier alpha value is -2.09. The molecule has 0 aliphatic rings. The second-order valence-corrected chi connectivity index (χ2v) is 8.15. The first-order chi connectivity index (χ1) is 14.2. The molecule has 0 aliphatic heterocycles. The third kappa shape index (κ3) is 8.43. The summed E-state index contributed by atoms with van der Waals surface area (Å²) >= 11 is 0. The predicted octanol–water partition coefficient (Wildman–Crippen LogP) is 7.67. The van der Waals surface area contributed by atoms with Gasteiger partial charge in [0, 0.05) is 12.1 Å². The molecule has 2 heteroatoms. The van der Waals surface area contributed by atoms with Gasteiger partial charge in [0.25, 0.3) is 5.91 Å². The normalized spacial score (nSPS) is 10.9. The Bertz CT molecular complexity index is 744. The van der Waals surface area contributed by atoms with Gasteiger partial charge in [-0.05, 0) is 22.8 Å². The zero-order chi connectivity index (χ0) is 20.7. The van der Waals surface area contributed by atoms with Crippen LogP contribution in [0.15, 0.2) is 49.0 Å². The molecule has 0 atom stereocenters. The molecular weight excluding hydrogens is 354 g/mol. The summed E-state index contributed by atoms with van der Waals surface area (Å²) in [5, 5.41) is 5.27. The van der Waals surface area contributed by atoms with Gasteiger partial charge in [0.1, 0.15) is 0 Å². The molecule has 1 amide bonds. The molecule has 0 heterocycles. The molecule has 0 fully saturated rings. The fraction of sp³-hybridized carbons (Fsp3) is 0.519. The van der Waals surface area contributed by atoms with Crippen molar-refractivity contribution in [3.05, 3.63) is 54.6 Å². The van der Waals surface area contributed by atoms with Crippen LogP contribution in [-0.4, -0.2) is 12.5 Å². The standard InChI is InChI=1S/C27H39NO/c1-3-4-5-6-7-8-9-10-11-12-13-16-22-28-27(29)23(2)25-21-17-19-24-18-14-15-20-26(24)25/h14-15,17-21H,2-13,16,22H2,1H3,(H,28,29). The zero-order valence-corrected chi connectivity index (χ0v) is 18.3. The van der Waals surface area contributed by atoms with Crippen molar-refractivity contribution in [3.63, 3.8) is 0 Å². The van der Waals surface area contributed by atoms with E-state index in [1.165, 1.54) is 70.6 Å². The number of carbonyl (C=O) groups excluding carboxylic acids is 1. The molecule has 2 nitrogen and oxygen atoms in total. The maximum Gasteiger partial charge on any atom is 0.251 e. The number of amides is 1. The van der Waals surface area contributed by atoms with Crippen LogP contribution in [0.4, 0.5) is 0 Å². The van der Waals surface area contributed by atoms with Gasteiger partial charge in [0.15, 0.2) is 0 Å². The Kier molecular flexibility index (Phi) is 11.2. The molecule has 158 valence electrons. The Morgan fingerprint density at radius 3 is 1.97 bits per heavy atom. The van der Waals surface area contributed by atoms with Gasteiger partial charge in [-0.3, -0.25) is 4.79 Å². The van der Waals surface area contributed by atoms with Crippen LogP contribution in [0.2, 0.25) is 0 Å². The highest BCUT2D eigenvalue weighted by Crippen LogP contribution is 2.24. The van der Waals surface area contributed by atoms with Crippen molar-refractivity contribution in [3.8, 4) is 0 Å². The second-order valence-electron chi connectivity index (χ2n) is 8.15. The molecule has 1 N–H and O–H groups in total. The lowest BCUT2D eigenvalue weighted by molar-refractivity contribution is -0.115. The number of hydrogen-bond donors (Lipinski definition) is 1. The van der Waals surface area contributed by atoms with Crippen LogP contribution in [0.25, 0.3) is 16.3 Å². The minimum Gasteiger partial charge on any atom is -0.352 e. The monoisotopic (exact) mass is 393 g/mol. The molecule has 2 aromatic carbocycles. The van der Waals surface area contributed by atoms with Gasteiger partial charge in [-0.1, -0.05) is 127 Å². The third-order valence-corrected chi connectivity index (χ3v) is 5.70. The van der Waals surface area contributed by atoms with Gasteiger partial charge in [-0.2, -0.15) is 0 Å². The van der Waals surface area contributed by atoms with Crippen LogP contribution < -0.4 is 5.32 Å². The molecule has 0 spiro atoms. The van der Waals surface area contributed by atoms with Crippen molar-refractivity contribution in [2.45, 2.75) is 84.0 Å². The summed E-state index contributed by atoms with van der Waals surface area (Å²) in [4.78, 5) is 12.5. The molecule has 0 aromatic heterocycles. The first kappa shape index (κ1) is 23.2. The van der Waals surface area contributed by atoms with E-state index in [4.69, 9.17) is 0 Å². The minimum absolute atomic E-state index is 0.0515. The van der Waals surface area contributed by atoms with Gasteiger partial charge in [0.2, 0.25) is 0 Å². The SMILES string of the molecule is C=C(C(=O)NCCCCCCCCCCCCCC)c1cccc2ccccc12. The molecule has 0 saturated carbocycles. The largest absolute Gasteiger partial charge is 0.352 e. The Morgan fingerprint density at radius 2 is 1.31 bits per heavy atom. The summed E-state index contributed by atoms with van der Waals surface area (Å²) in [7, 11) is 0. The van der Waals surface area contributed by atoms with Crippen LogP contribution in [0, 0.1) is 0 Å². The highest BCUT2D eigenvalue weighted by Gasteiger charge is 2.11. The average Bonchev–Trinajstić information content (AvgIpc) is 2.76. The van der Waals surface area contributed by atoms with Crippen LogP contribution in [0.1, 0.15) is 89.5 Å². The van der Waals surface area contributed by atoms with Crippen molar-refractivity contribution >= 4 is 22.3 Å². The van der Waals surface area contributed by atoms with Crippen molar-refractivity contribution in [2.75, 3.05) is 6.54 Å². The first-order valence-corrected chi connectivity index (χ1v) is 11.7. The summed E-state index contributed by atoms with van der Waals surface area (Å²) in [5.74, 6) is -0.0515. The van der Waals surface area contributed by atoms with Crippen LogP contribution in [0.5, 0.6) is 0 Å². The Morgan fingerprint density at radius 1 is 0.759 bits per heavy atom. The molecule has 0 unspecified atom stereocenters. The maximum atomic E-state index is 12.5. The van der Waals surface area contributed by atoms with Gasteiger partial charge in [-0.15, -0.1) is 0 Å². The second kappa shape index (κ2) is 14.0. The van der Waals surface area contributed by atoms with Gasteiger partial charge in [0.05, 0.1) is 0 Å². The van der Waals surface area contributed by atoms with Crippen LogP contribution >= 0.6 is 0 Å². The Balaban J connectivity index is 1.54. The molecule has 29 heavy (non-hydrogen) atoms. The highest BCUT2D eigenvalue weighted by molar-refractivity contribution is 6.21. The van der Waals surface area contributed by atoms with Crippen molar-refractivity contribution in [2.24, 2.45) is 0 Å². The molecule has 0 radical (unpaired) electrons. The topological polar surface area (TPSA) is 29.1 Å².